The summed E-state index contributed by atoms with van der Waals surface area (Å²) in [6.45, 7) is 0. The molecule has 84 valence electrons. The molecule has 0 unspecified atom stereocenters. The minimum Gasteiger partial charge on any atom is -0.368 e. The molecule has 0 aliphatic heterocycles. The zero-order valence-electron chi connectivity index (χ0n) is 6.60. The van der Waals surface area contributed by atoms with E-state index < -0.39 is 10.2 Å². The van der Waals surface area contributed by atoms with Crippen LogP contribution in [0.2, 0.25) is 0 Å². The molecule has 13 heteroatoms. The van der Waals surface area contributed by atoms with Crippen molar-refractivity contribution in [3.8, 4) is 0 Å². The molecule has 0 saturated carbocycles. The minimum atomic E-state index is -1.50. The van der Waals surface area contributed by atoms with Gasteiger partial charge in [0.05, 0.1) is 0 Å². The van der Waals surface area contributed by atoms with Crippen molar-refractivity contribution >= 4 is 5.96 Å². The lowest BCUT2D eigenvalue weighted by atomic mass is 11.1. The Labute approximate surface area is 76.0 Å². The van der Waals surface area contributed by atoms with E-state index in [1.807, 2.05) is 0 Å². The van der Waals surface area contributed by atoms with Gasteiger partial charge in [0, 0.05) is 0 Å². The number of hydrazine groups is 2. The van der Waals surface area contributed by atoms with Crippen molar-refractivity contribution in [1.82, 2.24) is 5.12 Å². The highest BCUT2D eigenvalue weighted by Crippen LogP contribution is 1.48. The second-order valence-electron chi connectivity index (χ2n) is 1.27. The number of rotatable bonds is 0. The van der Waals surface area contributed by atoms with Gasteiger partial charge < -0.3 is 16.1 Å². The third-order valence-electron chi connectivity index (χ3n) is 0.278. The molecule has 0 amide bonds. The summed E-state index contributed by atoms with van der Waals surface area (Å²) >= 11 is 0. The number of nitrogens with zero attached hydrogens (tertiary/aromatic N) is 3. The largest absolute Gasteiger partial charge is 0.368 e. The highest BCUT2D eigenvalue weighted by Gasteiger charge is 1.84. The first-order valence-electron chi connectivity index (χ1n) is 2.41. The highest BCUT2D eigenvalue weighted by molar-refractivity contribution is 5.72. The molecule has 0 heterocycles. The van der Waals surface area contributed by atoms with Gasteiger partial charge >= 0.3 is 0 Å². The first-order chi connectivity index (χ1) is 6.11. The van der Waals surface area contributed by atoms with E-state index in [0.717, 1.165) is 0 Å². The summed E-state index contributed by atoms with van der Waals surface area (Å²) in [6, 6.07) is 0. The number of hydrogen-bond acceptors (Lipinski definition) is 7. The van der Waals surface area contributed by atoms with Crippen LogP contribution in [0.4, 0.5) is 0 Å². The molecule has 0 aliphatic rings. The normalized spacial score (nSPS) is 6.71. The van der Waals surface area contributed by atoms with Crippen LogP contribution in [0, 0.1) is 25.6 Å². The standard InChI is InChI=1S/CH7N5.2HNO3/c2-1(3)6(4)5;2*2-1(3)4/h4-5H2,(H3,2,3);2*(H,2,3,4). The first kappa shape index (κ1) is 17.6. The van der Waals surface area contributed by atoms with Gasteiger partial charge in [0.2, 0.25) is 5.96 Å². The SMILES string of the molecule is N=C(N)N(N)N.O=[N+]([O-])O.O=[N+]([O-])O. The second kappa shape index (κ2) is 10.6. The molecule has 13 nitrogen and oxygen atoms in total. The summed E-state index contributed by atoms with van der Waals surface area (Å²) in [5.41, 5.74) is 4.69. The van der Waals surface area contributed by atoms with Crippen LogP contribution in [0.15, 0.2) is 0 Å². The molecule has 0 spiro atoms. The number of nitrogens with one attached hydrogen (secondary N) is 1. The summed E-state index contributed by atoms with van der Waals surface area (Å²) in [5.74, 6) is 9.04. The van der Waals surface area contributed by atoms with Crippen LogP contribution in [0.1, 0.15) is 0 Å². The van der Waals surface area contributed by atoms with Crippen LogP contribution in [0.25, 0.3) is 0 Å². The topological polar surface area (TPSA) is 232 Å². The zero-order chi connectivity index (χ0) is 12.3. The van der Waals surface area contributed by atoms with E-state index >= 15 is 0 Å². The molecule has 0 aromatic carbocycles. The second-order valence-corrected chi connectivity index (χ2v) is 1.27. The lowest BCUT2D eigenvalue weighted by Gasteiger charge is -2.04. The zero-order valence-corrected chi connectivity index (χ0v) is 6.60. The number of hydrogen-bond donors (Lipinski definition) is 6. The Kier molecular flexibility index (Phi) is 13.3. The van der Waals surface area contributed by atoms with Crippen LogP contribution in [0.5, 0.6) is 0 Å². The van der Waals surface area contributed by atoms with Crippen molar-refractivity contribution in [1.29, 1.82) is 5.41 Å². The fourth-order valence-electron chi connectivity index (χ4n) is 0. The van der Waals surface area contributed by atoms with Gasteiger partial charge in [0.15, 0.2) is 0 Å². The van der Waals surface area contributed by atoms with Gasteiger partial charge in [-0.2, -0.15) is 0 Å². The molecule has 0 aromatic rings. The summed E-state index contributed by atoms with van der Waals surface area (Å²) in [6.07, 6.45) is 0. The number of guanidine groups is 1. The maximum absolute atomic E-state index is 8.36. The van der Waals surface area contributed by atoms with Gasteiger partial charge in [-0.15, -0.1) is 20.2 Å². The minimum absolute atomic E-state index is 0.352. The summed E-state index contributed by atoms with van der Waals surface area (Å²) in [5, 5.41) is 34.2. The Morgan fingerprint density at radius 3 is 1.29 bits per heavy atom. The first-order valence-corrected chi connectivity index (χ1v) is 2.41. The Hall–Kier alpha value is -2.41. The van der Waals surface area contributed by atoms with Crippen LogP contribution in [-0.4, -0.2) is 31.7 Å². The Balaban J connectivity index is -0.000000135. The predicted octanol–water partition coefficient (Wildman–Crippen LogP) is -2.77. The molecule has 0 bridgehead atoms. The molecule has 9 N–H and O–H groups in total. The molecule has 14 heavy (non-hydrogen) atoms. The average molecular weight is 215 g/mol. The summed E-state index contributed by atoms with van der Waals surface area (Å²) in [7, 11) is 0. The Bertz CT molecular complexity index is 169. The fourth-order valence-corrected chi connectivity index (χ4v) is 0. The molecule has 0 atom stereocenters. The van der Waals surface area contributed by atoms with E-state index in [0.29, 0.717) is 5.12 Å². The molecule has 0 rings (SSSR count). The van der Waals surface area contributed by atoms with Crippen molar-refractivity contribution in [2.75, 3.05) is 0 Å². The molecular weight excluding hydrogens is 206 g/mol. The maximum Gasteiger partial charge on any atom is 0.291 e. The van der Waals surface area contributed by atoms with E-state index in [9.17, 15) is 0 Å². The van der Waals surface area contributed by atoms with E-state index in [4.69, 9.17) is 53.5 Å². The van der Waals surface area contributed by atoms with Crippen LogP contribution in [0.3, 0.4) is 0 Å². The molecule has 0 radical (unpaired) electrons. The highest BCUT2D eigenvalue weighted by atomic mass is 16.9. The van der Waals surface area contributed by atoms with Gasteiger partial charge in [0.1, 0.15) is 0 Å². The average Bonchev–Trinajstić information content (AvgIpc) is 1.83. The van der Waals surface area contributed by atoms with Crippen LogP contribution in [-0.2, 0) is 0 Å². The molecule has 0 aromatic heterocycles. The molecule has 0 aliphatic carbocycles. The monoisotopic (exact) mass is 215 g/mol. The van der Waals surface area contributed by atoms with E-state index in [2.05, 4.69) is 0 Å². The van der Waals surface area contributed by atoms with Gasteiger partial charge in [-0.05, 0) is 0 Å². The van der Waals surface area contributed by atoms with Gasteiger partial charge in [-0.25, -0.2) is 16.8 Å². The lowest BCUT2D eigenvalue weighted by Crippen LogP contribution is -2.47. The smallest absolute Gasteiger partial charge is 0.291 e. The Morgan fingerprint density at radius 2 is 1.29 bits per heavy atom. The van der Waals surface area contributed by atoms with Gasteiger partial charge in [0.25, 0.3) is 10.2 Å². The van der Waals surface area contributed by atoms with Crippen molar-refractivity contribution in [3.63, 3.8) is 0 Å². The lowest BCUT2D eigenvalue weighted by molar-refractivity contribution is -0.742. The van der Waals surface area contributed by atoms with E-state index in [1.54, 1.807) is 0 Å². The molecule has 0 fully saturated rings. The van der Waals surface area contributed by atoms with Crippen LogP contribution >= 0.6 is 0 Å². The van der Waals surface area contributed by atoms with E-state index in [1.165, 1.54) is 0 Å². The quantitative estimate of drug-likeness (QED) is 0.0799. The Morgan fingerprint density at radius 1 is 1.21 bits per heavy atom. The fraction of sp³-hybridized carbons (Fsp3) is 0. The predicted molar refractivity (Wildman–Crippen MR) is 39.7 cm³/mol. The van der Waals surface area contributed by atoms with Crippen molar-refractivity contribution < 1.29 is 20.6 Å². The van der Waals surface area contributed by atoms with Crippen molar-refractivity contribution in [3.05, 3.63) is 20.2 Å². The summed E-state index contributed by atoms with van der Waals surface area (Å²) < 4.78 is 0. The third kappa shape index (κ3) is 280. The van der Waals surface area contributed by atoms with Crippen LogP contribution < -0.4 is 17.4 Å². The van der Waals surface area contributed by atoms with Crippen molar-refractivity contribution in [2.24, 2.45) is 17.4 Å². The van der Waals surface area contributed by atoms with Gasteiger partial charge in [-0.1, -0.05) is 0 Å². The summed E-state index contributed by atoms with van der Waals surface area (Å²) in [4.78, 5) is 16.7. The van der Waals surface area contributed by atoms with Gasteiger partial charge in [-0.3, -0.25) is 5.41 Å². The number of nitrogens with two attached hydrogens (primary N) is 3. The molecular formula is CH9N7O6. The van der Waals surface area contributed by atoms with Crippen molar-refractivity contribution in [2.45, 2.75) is 0 Å². The maximum atomic E-state index is 8.36. The molecule has 0 saturated heterocycles. The van der Waals surface area contributed by atoms with E-state index in [-0.39, 0.29) is 5.96 Å². The third-order valence-corrected chi connectivity index (χ3v) is 0.278.